The first-order valence-corrected chi connectivity index (χ1v) is 6.67. The van der Waals surface area contributed by atoms with E-state index in [9.17, 15) is 14.7 Å². The second kappa shape index (κ2) is 5.77. The van der Waals surface area contributed by atoms with Gasteiger partial charge in [0.05, 0.1) is 11.7 Å². The lowest BCUT2D eigenvalue weighted by atomic mass is 10.2. The summed E-state index contributed by atoms with van der Waals surface area (Å²) in [6, 6.07) is 4.40. The van der Waals surface area contributed by atoms with Crippen molar-refractivity contribution < 1.29 is 19.4 Å². The average molecular weight is 376 g/mol. The number of carboxylic acid groups (broad SMARTS) is 1. The normalized spacial score (nSPS) is 11.0. The van der Waals surface area contributed by atoms with E-state index in [1.807, 2.05) is 22.6 Å². The van der Waals surface area contributed by atoms with Crippen molar-refractivity contribution in [1.29, 1.82) is 0 Å². The number of carboxylic acids is 1. The molecular weight excluding hydrogens is 361 g/mol. The molecule has 0 aliphatic carbocycles. The monoisotopic (exact) mass is 376 g/mol. The molecule has 1 amide bonds. The minimum absolute atomic E-state index is 0.0748. The second-order valence-electron chi connectivity index (χ2n) is 4.99. The average Bonchev–Trinajstić information content (AvgIpc) is 2.25. The van der Waals surface area contributed by atoms with Crippen LogP contribution in [0.5, 0.6) is 0 Å². The van der Waals surface area contributed by atoms with E-state index in [0.29, 0.717) is 9.26 Å². The number of aromatic carboxylic acids is 1. The fraction of sp³-hybridized carbons (Fsp3) is 0.385. The molecule has 0 saturated heterocycles. The summed E-state index contributed by atoms with van der Waals surface area (Å²) in [6.45, 7) is 5.34. The van der Waals surface area contributed by atoms with Crippen molar-refractivity contribution in [2.45, 2.75) is 26.4 Å². The Hall–Kier alpha value is -1.31. The van der Waals surface area contributed by atoms with Crippen molar-refractivity contribution >= 4 is 40.3 Å². The summed E-state index contributed by atoms with van der Waals surface area (Å²) in [5, 5.41) is 10.7. The molecule has 0 bridgehead atoms. The minimum Gasteiger partial charge on any atom is -0.545 e. The zero-order chi connectivity index (χ0) is 14.8. The van der Waals surface area contributed by atoms with Gasteiger partial charge in [0.25, 0.3) is 0 Å². The molecule has 1 rings (SSSR count). The number of hydrogen-bond acceptors (Lipinski definition) is 4. The highest BCUT2D eigenvalue weighted by Gasteiger charge is 2.21. The number of nitrogens with zero attached hydrogens (tertiary/aromatic N) is 1. The van der Waals surface area contributed by atoms with E-state index in [0.717, 1.165) is 0 Å². The Balaban J connectivity index is 2.97. The number of carbonyl (C=O) groups excluding carboxylic acids is 2. The molecule has 0 aliphatic rings. The predicted molar refractivity (Wildman–Crippen MR) is 78.1 cm³/mol. The summed E-state index contributed by atoms with van der Waals surface area (Å²) in [5.74, 6) is -1.25. The third kappa shape index (κ3) is 4.38. The maximum atomic E-state index is 11.9. The number of carbonyl (C=O) groups is 2. The van der Waals surface area contributed by atoms with Gasteiger partial charge in [0, 0.05) is 10.6 Å². The van der Waals surface area contributed by atoms with E-state index >= 15 is 0 Å². The van der Waals surface area contributed by atoms with Crippen LogP contribution < -0.4 is 10.0 Å². The Kier molecular flexibility index (Phi) is 4.78. The van der Waals surface area contributed by atoms with Crippen molar-refractivity contribution in [3.8, 4) is 0 Å². The summed E-state index contributed by atoms with van der Waals surface area (Å²) in [6.07, 6.45) is -0.494. The molecule has 0 unspecified atom stereocenters. The Morgan fingerprint density at radius 2 is 1.89 bits per heavy atom. The summed E-state index contributed by atoms with van der Waals surface area (Å²) in [5.41, 5.74) is 0.0763. The number of amides is 1. The molecule has 0 fully saturated rings. The highest BCUT2D eigenvalue weighted by molar-refractivity contribution is 14.1. The van der Waals surface area contributed by atoms with Gasteiger partial charge in [0.1, 0.15) is 5.60 Å². The third-order valence-corrected chi connectivity index (χ3v) is 3.08. The smallest absolute Gasteiger partial charge is 0.414 e. The van der Waals surface area contributed by atoms with E-state index < -0.39 is 17.7 Å². The van der Waals surface area contributed by atoms with Gasteiger partial charge in [0.15, 0.2) is 0 Å². The van der Waals surface area contributed by atoms with Crippen LogP contribution in [0.4, 0.5) is 10.5 Å². The molecule has 0 heterocycles. The van der Waals surface area contributed by atoms with Gasteiger partial charge in [-0.3, -0.25) is 4.90 Å². The van der Waals surface area contributed by atoms with Crippen LogP contribution in [-0.2, 0) is 4.74 Å². The maximum Gasteiger partial charge on any atom is 0.414 e. The van der Waals surface area contributed by atoms with Gasteiger partial charge < -0.3 is 14.6 Å². The molecule has 0 radical (unpaired) electrons. The predicted octanol–water partition coefficient (Wildman–Crippen LogP) is 2.03. The topological polar surface area (TPSA) is 69.7 Å². The first-order chi connectivity index (χ1) is 8.61. The molecule has 0 atom stereocenters. The van der Waals surface area contributed by atoms with E-state index in [1.54, 1.807) is 33.9 Å². The summed E-state index contributed by atoms with van der Waals surface area (Å²) < 4.78 is 5.87. The number of halogens is 1. The fourth-order valence-electron chi connectivity index (χ4n) is 1.33. The molecule has 0 aliphatic heterocycles. The van der Waals surface area contributed by atoms with Crippen LogP contribution in [0, 0.1) is 3.57 Å². The number of anilines is 1. The van der Waals surface area contributed by atoms with Crippen molar-refractivity contribution in [3.63, 3.8) is 0 Å². The maximum absolute atomic E-state index is 11.9. The van der Waals surface area contributed by atoms with E-state index in [1.165, 1.54) is 17.0 Å². The number of hydrogen-bond donors (Lipinski definition) is 0. The van der Waals surface area contributed by atoms with Crippen LogP contribution in [0.15, 0.2) is 18.2 Å². The van der Waals surface area contributed by atoms with Crippen molar-refractivity contribution in [3.05, 3.63) is 27.3 Å². The molecule has 5 nitrogen and oxygen atoms in total. The first-order valence-electron chi connectivity index (χ1n) is 5.59. The molecule has 6 heteroatoms. The van der Waals surface area contributed by atoms with Gasteiger partial charge in [0.2, 0.25) is 0 Å². The first kappa shape index (κ1) is 15.7. The van der Waals surface area contributed by atoms with Gasteiger partial charge in [-0.2, -0.15) is 0 Å². The van der Waals surface area contributed by atoms with Crippen molar-refractivity contribution in [1.82, 2.24) is 0 Å². The van der Waals surface area contributed by atoms with Crippen LogP contribution in [0.2, 0.25) is 0 Å². The molecule has 1 aromatic carbocycles. The molecule has 104 valence electrons. The van der Waals surface area contributed by atoms with Gasteiger partial charge >= 0.3 is 6.09 Å². The molecule has 1 aromatic rings. The van der Waals surface area contributed by atoms with Crippen LogP contribution in [0.25, 0.3) is 0 Å². The van der Waals surface area contributed by atoms with Gasteiger partial charge in [-0.15, -0.1) is 0 Å². The van der Waals surface area contributed by atoms with Crippen LogP contribution in [-0.4, -0.2) is 24.7 Å². The standard InChI is InChI=1S/C13H16INO4/c1-13(2,3)19-12(18)15(4)10-6-5-8(11(16)17)7-9(10)14/h5-7H,1-4H3,(H,16,17)/p-1. The van der Waals surface area contributed by atoms with E-state index in [4.69, 9.17) is 4.74 Å². The van der Waals surface area contributed by atoms with Gasteiger partial charge in [-0.1, -0.05) is 6.07 Å². The Bertz CT molecular complexity index is 508. The lowest BCUT2D eigenvalue weighted by Crippen LogP contribution is -2.34. The third-order valence-electron chi connectivity index (χ3n) is 2.21. The van der Waals surface area contributed by atoms with Gasteiger partial charge in [-0.25, -0.2) is 4.79 Å². The molecule has 0 N–H and O–H groups in total. The van der Waals surface area contributed by atoms with Gasteiger partial charge in [-0.05, 0) is 61.1 Å². The lowest BCUT2D eigenvalue weighted by Gasteiger charge is -2.25. The fourth-order valence-corrected chi connectivity index (χ4v) is 2.21. The molecule has 0 aromatic heterocycles. The zero-order valence-corrected chi connectivity index (χ0v) is 13.3. The Labute approximate surface area is 125 Å². The highest BCUT2D eigenvalue weighted by Crippen LogP contribution is 2.24. The largest absolute Gasteiger partial charge is 0.545 e. The highest BCUT2D eigenvalue weighted by atomic mass is 127. The molecular formula is C13H15INO4-. The van der Waals surface area contributed by atoms with Crippen LogP contribution in [0.3, 0.4) is 0 Å². The molecule has 0 saturated carbocycles. The number of benzene rings is 1. The zero-order valence-electron chi connectivity index (χ0n) is 11.2. The number of ether oxygens (including phenoxy) is 1. The van der Waals surface area contributed by atoms with E-state index in [-0.39, 0.29) is 5.56 Å². The van der Waals surface area contributed by atoms with Crippen LogP contribution >= 0.6 is 22.6 Å². The van der Waals surface area contributed by atoms with Crippen molar-refractivity contribution in [2.24, 2.45) is 0 Å². The second-order valence-corrected chi connectivity index (χ2v) is 6.16. The Morgan fingerprint density at radius 1 is 1.32 bits per heavy atom. The Morgan fingerprint density at radius 3 is 2.32 bits per heavy atom. The molecule has 19 heavy (non-hydrogen) atoms. The lowest BCUT2D eigenvalue weighted by molar-refractivity contribution is -0.255. The minimum atomic E-state index is -1.25. The molecule has 0 spiro atoms. The van der Waals surface area contributed by atoms with Crippen molar-refractivity contribution in [2.75, 3.05) is 11.9 Å². The number of rotatable bonds is 2. The summed E-state index contributed by atoms with van der Waals surface area (Å²) in [4.78, 5) is 24.0. The summed E-state index contributed by atoms with van der Waals surface area (Å²) in [7, 11) is 1.57. The summed E-state index contributed by atoms with van der Waals surface area (Å²) >= 11 is 1.96. The van der Waals surface area contributed by atoms with E-state index in [2.05, 4.69) is 0 Å². The SMILES string of the molecule is CN(C(=O)OC(C)(C)C)c1ccc(C(=O)[O-])cc1I. The quantitative estimate of drug-likeness (QED) is 0.741. The van der Waals surface area contributed by atoms with Crippen LogP contribution in [0.1, 0.15) is 31.1 Å².